The van der Waals surface area contributed by atoms with E-state index < -0.39 is 11.4 Å². The highest BCUT2D eigenvalue weighted by Gasteiger charge is 2.49. The second kappa shape index (κ2) is 14.0. The lowest BCUT2D eigenvalue weighted by Gasteiger charge is -2.51. The van der Waals surface area contributed by atoms with Gasteiger partial charge in [-0.15, -0.1) is 0 Å². The molecule has 0 amide bonds. The van der Waals surface area contributed by atoms with Crippen molar-refractivity contribution < 1.29 is 32.9 Å². The maximum atomic E-state index is 17.2. The van der Waals surface area contributed by atoms with Crippen molar-refractivity contribution in [2.24, 2.45) is 16.7 Å². The molecule has 0 bridgehead atoms. The van der Waals surface area contributed by atoms with Crippen LogP contribution in [0.3, 0.4) is 0 Å². The lowest BCUT2D eigenvalue weighted by molar-refractivity contribution is -0.120. The molecule has 4 aromatic rings. The number of benzene rings is 2. The van der Waals surface area contributed by atoms with Crippen LogP contribution in [0.5, 0.6) is 11.8 Å². The van der Waals surface area contributed by atoms with E-state index >= 15 is 8.78 Å². The molecule has 53 heavy (non-hydrogen) atoms. The number of hydrogen-bond acceptors (Lipinski definition) is 10. The van der Waals surface area contributed by atoms with Crippen molar-refractivity contribution in [3.63, 3.8) is 0 Å². The fourth-order valence-corrected chi connectivity index (χ4v) is 9.11. The molecule has 1 atom stereocenters. The smallest absolute Gasteiger partial charge is 0.319 e. The summed E-state index contributed by atoms with van der Waals surface area (Å²) in [5.74, 6) is 0.0837. The van der Waals surface area contributed by atoms with Gasteiger partial charge in [-0.1, -0.05) is 13.0 Å². The van der Waals surface area contributed by atoms with Crippen molar-refractivity contribution in [3.8, 4) is 23.0 Å². The number of rotatable bonds is 12. The number of β-amino-alcohol motifs (C(OH)–C–C–N with tert-alkyl or cyclic N) is 1. The van der Waals surface area contributed by atoms with E-state index in [2.05, 4.69) is 9.88 Å². The molecular weight excluding hydrogens is 680 g/mol. The summed E-state index contributed by atoms with van der Waals surface area (Å²) in [6.07, 6.45) is 10.8. The number of likely N-dealkylation sites (tertiary alicyclic amines) is 1. The number of carbonyl (C=O) groups excluding carboxylic acids is 1. The predicted octanol–water partition coefficient (Wildman–Crippen LogP) is 6.87. The topological polar surface area (TPSA) is 110 Å². The van der Waals surface area contributed by atoms with Gasteiger partial charge in [0.05, 0.1) is 17.6 Å². The van der Waals surface area contributed by atoms with Gasteiger partial charge in [-0.3, -0.25) is 4.98 Å². The molecule has 0 unspecified atom stereocenters. The standard InChI is InChI=1S/C41H49F2N5O5/c1-4-29-32(42)7-6-27-16-28(53-25-51-3)17-30(33(27)29)35-34(43)36-31(20-44-35)37(48-13-5-8-39(2,50)22-48)46-38(45-36)52-24-41(9-10-41)23-47-14-11-40(12-15-47)18-26(19-40)21-49/h6-7,16-17,20-21,26,50H,4-5,8-15,18-19,22-25H2,1-3H3/t39-/m1/s1. The first-order valence-corrected chi connectivity index (χ1v) is 19.1. The number of hydrogen-bond donors (Lipinski definition) is 1. The Morgan fingerprint density at radius 2 is 1.83 bits per heavy atom. The minimum absolute atomic E-state index is 0.0133. The number of pyridine rings is 1. The number of piperidine rings is 2. The monoisotopic (exact) mass is 729 g/mol. The first-order valence-electron chi connectivity index (χ1n) is 19.1. The number of aromatic nitrogens is 3. The van der Waals surface area contributed by atoms with E-state index in [0.717, 1.165) is 70.9 Å². The van der Waals surface area contributed by atoms with Crippen LogP contribution in [0, 0.1) is 28.4 Å². The largest absolute Gasteiger partial charge is 0.468 e. The summed E-state index contributed by atoms with van der Waals surface area (Å²) in [6.45, 7) is 7.97. The molecule has 2 saturated heterocycles. The number of aldehydes is 1. The summed E-state index contributed by atoms with van der Waals surface area (Å²) in [7, 11) is 1.52. The van der Waals surface area contributed by atoms with Crippen molar-refractivity contribution in [3.05, 3.63) is 47.7 Å². The minimum atomic E-state index is -0.941. The van der Waals surface area contributed by atoms with Gasteiger partial charge < -0.3 is 33.9 Å². The van der Waals surface area contributed by atoms with Gasteiger partial charge in [-0.25, -0.2) is 8.78 Å². The molecule has 1 N–H and O–H groups in total. The van der Waals surface area contributed by atoms with Crippen molar-refractivity contribution in [1.82, 2.24) is 19.9 Å². The average molecular weight is 730 g/mol. The normalized spacial score (nSPS) is 22.6. The Labute approximate surface area is 308 Å². The van der Waals surface area contributed by atoms with Crippen LogP contribution < -0.4 is 14.4 Å². The Bertz CT molecular complexity index is 2020. The third kappa shape index (κ3) is 7.05. The number of methoxy groups -OCH3 is 1. The zero-order chi connectivity index (χ0) is 37.0. The van der Waals surface area contributed by atoms with Crippen LogP contribution in [0.15, 0.2) is 30.5 Å². The predicted molar refractivity (Wildman–Crippen MR) is 198 cm³/mol. The van der Waals surface area contributed by atoms with Crippen LogP contribution in [0.2, 0.25) is 0 Å². The maximum absolute atomic E-state index is 17.2. The fraction of sp³-hybridized carbons (Fsp3) is 0.561. The highest BCUT2D eigenvalue weighted by atomic mass is 19.1. The Balaban J connectivity index is 1.14. The quantitative estimate of drug-likeness (QED) is 0.123. The number of nitrogens with zero attached hydrogens (tertiary/aromatic N) is 5. The fourth-order valence-electron chi connectivity index (χ4n) is 9.11. The number of fused-ring (bicyclic) bond motifs is 2. The average Bonchev–Trinajstić information content (AvgIpc) is 3.91. The molecule has 4 heterocycles. The number of carbonyl (C=O) groups is 1. The van der Waals surface area contributed by atoms with Crippen LogP contribution >= 0.6 is 0 Å². The molecule has 8 rings (SSSR count). The van der Waals surface area contributed by atoms with Gasteiger partial charge in [0.15, 0.2) is 12.6 Å². The van der Waals surface area contributed by atoms with E-state index in [1.807, 2.05) is 11.8 Å². The van der Waals surface area contributed by atoms with Gasteiger partial charge in [0, 0.05) is 49.8 Å². The number of halogens is 2. The Morgan fingerprint density at radius 3 is 2.53 bits per heavy atom. The second-order valence-corrected chi connectivity index (χ2v) is 16.4. The molecule has 12 heteroatoms. The van der Waals surface area contributed by atoms with E-state index in [4.69, 9.17) is 24.2 Å². The lowest BCUT2D eigenvalue weighted by atomic mass is 9.58. The first-order chi connectivity index (χ1) is 25.5. The highest BCUT2D eigenvalue weighted by molar-refractivity contribution is 6.01. The summed E-state index contributed by atoms with van der Waals surface area (Å²) in [4.78, 5) is 29.9. The summed E-state index contributed by atoms with van der Waals surface area (Å²) in [5.41, 5.74) is 0.285. The summed E-state index contributed by atoms with van der Waals surface area (Å²) >= 11 is 0. The van der Waals surface area contributed by atoms with Crippen molar-refractivity contribution >= 4 is 33.8 Å². The molecule has 1 spiro atoms. The highest BCUT2D eigenvalue weighted by Crippen LogP contribution is 2.53. The zero-order valence-corrected chi connectivity index (χ0v) is 30.9. The van der Waals surface area contributed by atoms with Crippen LogP contribution in [0.4, 0.5) is 14.6 Å². The molecule has 4 fully saturated rings. The van der Waals surface area contributed by atoms with Gasteiger partial charge in [-0.2, -0.15) is 9.97 Å². The summed E-state index contributed by atoms with van der Waals surface area (Å²) in [6, 6.07) is 6.61. The first kappa shape index (κ1) is 36.0. The third-order valence-corrected chi connectivity index (χ3v) is 12.2. The molecule has 4 aliphatic rings. The van der Waals surface area contributed by atoms with Gasteiger partial charge in [-0.05, 0) is 118 Å². The number of anilines is 1. The SMILES string of the molecule is CCc1c(F)ccc2cc(OCOC)cc(-c3ncc4c(N5CCC[C@@](C)(O)C5)nc(OCC5(CN6CCC7(CC6)CC(C=O)C7)CC5)nc4c3F)c12. The molecule has 2 aromatic carbocycles. The van der Waals surface area contributed by atoms with E-state index in [-0.39, 0.29) is 41.2 Å². The van der Waals surface area contributed by atoms with Crippen molar-refractivity contribution in [1.29, 1.82) is 0 Å². The Morgan fingerprint density at radius 1 is 1.04 bits per heavy atom. The molecular formula is C41H49F2N5O5. The van der Waals surface area contributed by atoms with Crippen LogP contribution in [0.25, 0.3) is 32.9 Å². The Kier molecular flexibility index (Phi) is 9.52. The van der Waals surface area contributed by atoms with Gasteiger partial charge in [0.2, 0.25) is 0 Å². The zero-order valence-electron chi connectivity index (χ0n) is 30.9. The van der Waals surface area contributed by atoms with E-state index in [1.54, 1.807) is 31.3 Å². The number of aryl methyl sites for hydroxylation is 1. The summed E-state index contributed by atoms with van der Waals surface area (Å²) < 4.78 is 49.7. The van der Waals surface area contributed by atoms with E-state index in [9.17, 15) is 9.90 Å². The molecule has 0 radical (unpaired) electrons. The van der Waals surface area contributed by atoms with Gasteiger partial charge in [0.1, 0.15) is 34.9 Å². The maximum Gasteiger partial charge on any atom is 0.319 e. The molecule has 2 aliphatic heterocycles. The molecule has 282 valence electrons. The van der Waals surface area contributed by atoms with Crippen molar-refractivity contribution in [2.45, 2.75) is 77.2 Å². The van der Waals surface area contributed by atoms with Crippen LogP contribution in [-0.2, 0) is 16.0 Å². The molecule has 2 aromatic heterocycles. The second-order valence-electron chi connectivity index (χ2n) is 16.4. The Hall–Kier alpha value is -4.00. The van der Waals surface area contributed by atoms with Crippen LogP contribution in [-0.4, -0.2) is 90.1 Å². The molecule has 2 saturated carbocycles. The molecule has 10 nitrogen and oxygen atoms in total. The van der Waals surface area contributed by atoms with Crippen molar-refractivity contribution in [2.75, 3.05) is 58.1 Å². The number of ether oxygens (including phenoxy) is 3. The number of aliphatic hydroxyl groups is 1. The molecule has 2 aliphatic carbocycles. The van der Waals surface area contributed by atoms with Crippen LogP contribution in [0.1, 0.15) is 70.8 Å². The third-order valence-electron chi connectivity index (χ3n) is 12.2. The van der Waals surface area contributed by atoms with E-state index in [1.165, 1.54) is 13.2 Å². The van der Waals surface area contributed by atoms with Gasteiger partial charge in [0.25, 0.3) is 0 Å². The van der Waals surface area contributed by atoms with E-state index in [0.29, 0.717) is 76.8 Å². The summed E-state index contributed by atoms with van der Waals surface area (Å²) in [5, 5.41) is 12.7. The minimum Gasteiger partial charge on any atom is -0.468 e. The van der Waals surface area contributed by atoms with Gasteiger partial charge >= 0.3 is 6.01 Å². The lowest BCUT2D eigenvalue weighted by Crippen LogP contribution is -2.49.